The molecule has 6 rings (SSSR count). The third kappa shape index (κ3) is 5.63. The lowest BCUT2D eigenvalue weighted by atomic mass is 9.54. The van der Waals surface area contributed by atoms with Crippen molar-refractivity contribution in [1.82, 2.24) is 20.4 Å². The van der Waals surface area contributed by atoms with E-state index >= 15 is 0 Å². The van der Waals surface area contributed by atoms with Crippen LogP contribution in [0.15, 0.2) is 17.8 Å². The standard InChI is InChI=1S/C28H43N5O3/c1-18(26(34)30-9-8-29)7-10-33-28(36-17-19-5-3-2-4-6-19)24(16-31-33)27(35)32-25-22-12-20-11-21(14-22)15-23(25)13-20/h7,16,19-23,25H,2-6,8-15,17,29H2,1H3,(H,30,34)(H,32,35). The second-order valence-corrected chi connectivity index (χ2v) is 11.7. The molecule has 0 saturated heterocycles. The summed E-state index contributed by atoms with van der Waals surface area (Å²) in [7, 11) is 0. The molecule has 198 valence electrons. The van der Waals surface area contributed by atoms with Gasteiger partial charge in [0.05, 0.1) is 19.3 Å². The number of nitrogens with zero attached hydrogens (tertiary/aromatic N) is 2. The Hall–Kier alpha value is -2.35. The van der Waals surface area contributed by atoms with Crippen molar-refractivity contribution < 1.29 is 14.3 Å². The van der Waals surface area contributed by atoms with E-state index in [4.69, 9.17) is 10.5 Å². The summed E-state index contributed by atoms with van der Waals surface area (Å²) in [4.78, 5) is 25.8. The van der Waals surface area contributed by atoms with Gasteiger partial charge in [-0.25, -0.2) is 4.68 Å². The largest absolute Gasteiger partial charge is 0.477 e. The Balaban J connectivity index is 1.30. The highest BCUT2D eigenvalue weighted by molar-refractivity contribution is 5.96. The second kappa shape index (κ2) is 11.4. The van der Waals surface area contributed by atoms with Gasteiger partial charge in [-0.2, -0.15) is 5.10 Å². The third-order valence-electron chi connectivity index (χ3n) is 9.10. The Morgan fingerprint density at radius 2 is 1.81 bits per heavy atom. The van der Waals surface area contributed by atoms with Crippen LogP contribution in [-0.4, -0.2) is 47.3 Å². The van der Waals surface area contributed by atoms with Gasteiger partial charge in [0, 0.05) is 24.7 Å². The minimum Gasteiger partial charge on any atom is -0.477 e. The Morgan fingerprint density at radius 3 is 2.47 bits per heavy atom. The lowest BCUT2D eigenvalue weighted by molar-refractivity contribution is -0.117. The Kier molecular flexibility index (Phi) is 7.99. The van der Waals surface area contributed by atoms with Crippen molar-refractivity contribution in [2.45, 2.75) is 83.7 Å². The van der Waals surface area contributed by atoms with E-state index in [0.717, 1.165) is 11.8 Å². The quantitative estimate of drug-likeness (QED) is 0.429. The first-order valence-corrected chi connectivity index (χ1v) is 14.2. The van der Waals surface area contributed by atoms with E-state index in [0.29, 0.717) is 61.0 Å². The molecule has 8 heteroatoms. The molecule has 0 aliphatic heterocycles. The molecule has 2 amide bonds. The van der Waals surface area contributed by atoms with E-state index in [2.05, 4.69) is 15.7 Å². The van der Waals surface area contributed by atoms with Crippen molar-refractivity contribution in [1.29, 1.82) is 0 Å². The van der Waals surface area contributed by atoms with Crippen LogP contribution in [0.3, 0.4) is 0 Å². The molecule has 1 aromatic rings. The molecule has 4 N–H and O–H groups in total. The normalized spacial score (nSPS) is 29.8. The van der Waals surface area contributed by atoms with Gasteiger partial charge in [-0.15, -0.1) is 0 Å². The molecule has 36 heavy (non-hydrogen) atoms. The van der Waals surface area contributed by atoms with Crippen LogP contribution in [0.25, 0.3) is 0 Å². The van der Waals surface area contributed by atoms with Crippen LogP contribution in [0, 0.1) is 29.6 Å². The van der Waals surface area contributed by atoms with Gasteiger partial charge >= 0.3 is 0 Å². The summed E-state index contributed by atoms with van der Waals surface area (Å²) in [6.07, 6.45) is 16.0. The van der Waals surface area contributed by atoms with E-state index in [1.54, 1.807) is 17.8 Å². The molecule has 5 aliphatic carbocycles. The number of hydrogen-bond donors (Lipinski definition) is 3. The first kappa shape index (κ1) is 25.3. The molecule has 5 aliphatic rings. The number of amides is 2. The fraction of sp³-hybridized carbons (Fsp3) is 0.750. The van der Waals surface area contributed by atoms with Crippen LogP contribution in [-0.2, 0) is 11.3 Å². The monoisotopic (exact) mass is 497 g/mol. The maximum absolute atomic E-state index is 13.6. The number of hydrogen-bond acceptors (Lipinski definition) is 5. The van der Waals surface area contributed by atoms with Crippen molar-refractivity contribution in [3.8, 4) is 5.88 Å². The predicted molar refractivity (Wildman–Crippen MR) is 138 cm³/mol. The zero-order valence-corrected chi connectivity index (χ0v) is 21.7. The van der Waals surface area contributed by atoms with Crippen LogP contribution in [0.5, 0.6) is 5.88 Å². The number of rotatable bonds is 10. The molecule has 5 fully saturated rings. The summed E-state index contributed by atoms with van der Waals surface area (Å²) >= 11 is 0. The lowest BCUT2D eigenvalue weighted by Crippen LogP contribution is -2.55. The minimum absolute atomic E-state index is 0.0706. The summed E-state index contributed by atoms with van der Waals surface area (Å²) in [5, 5.41) is 10.7. The Labute approximate surface area is 214 Å². The van der Waals surface area contributed by atoms with E-state index in [1.165, 1.54) is 64.2 Å². The van der Waals surface area contributed by atoms with Crippen molar-refractivity contribution >= 4 is 11.8 Å². The average Bonchev–Trinajstić information content (AvgIpc) is 3.29. The van der Waals surface area contributed by atoms with Crippen molar-refractivity contribution in [3.63, 3.8) is 0 Å². The molecular formula is C28H43N5O3. The van der Waals surface area contributed by atoms with E-state index in [1.807, 2.05) is 6.08 Å². The first-order chi connectivity index (χ1) is 17.5. The Morgan fingerprint density at radius 1 is 1.11 bits per heavy atom. The topological polar surface area (TPSA) is 111 Å². The summed E-state index contributed by atoms with van der Waals surface area (Å²) in [5.74, 6) is 3.80. The smallest absolute Gasteiger partial charge is 0.258 e. The summed E-state index contributed by atoms with van der Waals surface area (Å²) in [6, 6.07) is 0.272. The first-order valence-electron chi connectivity index (χ1n) is 14.2. The number of aromatic nitrogens is 2. The van der Waals surface area contributed by atoms with Gasteiger partial charge in [0.2, 0.25) is 11.8 Å². The van der Waals surface area contributed by atoms with Crippen LogP contribution in [0.1, 0.15) is 81.5 Å². The summed E-state index contributed by atoms with van der Waals surface area (Å²) in [6.45, 7) is 3.59. The Bertz CT molecular complexity index is 936. The number of allylic oxidation sites excluding steroid dienone is 1. The molecule has 8 nitrogen and oxygen atoms in total. The number of nitrogens with two attached hydrogens (primary N) is 1. The molecule has 4 bridgehead atoms. The van der Waals surface area contributed by atoms with Gasteiger partial charge in [-0.05, 0) is 81.5 Å². The molecule has 0 radical (unpaired) electrons. The molecule has 1 aromatic heterocycles. The van der Waals surface area contributed by atoms with E-state index in [9.17, 15) is 9.59 Å². The molecular weight excluding hydrogens is 454 g/mol. The second-order valence-electron chi connectivity index (χ2n) is 11.7. The van der Waals surface area contributed by atoms with Gasteiger partial charge in [0.25, 0.3) is 5.91 Å². The van der Waals surface area contributed by atoms with Crippen molar-refractivity contribution in [2.75, 3.05) is 19.7 Å². The molecule has 5 saturated carbocycles. The number of carbonyl (C=O) groups is 2. The zero-order valence-electron chi connectivity index (χ0n) is 21.7. The maximum atomic E-state index is 13.6. The highest BCUT2D eigenvalue weighted by Gasteiger charge is 2.48. The van der Waals surface area contributed by atoms with Crippen molar-refractivity contribution in [3.05, 3.63) is 23.4 Å². The fourth-order valence-corrected chi connectivity index (χ4v) is 7.39. The van der Waals surface area contributed by atoms with Gasteiger partial charge in [-0.3, -0.25) is 9.59 Å². The lowest BCUT2D eigenvalue weighted by Gasteiger charge is -2.54. The van der Waals surface area contributed by atoms with Gasteiger partial charge in [0.1, 0.15) is 5.56 Å². The minimum atomic E-state index is -0.142. The van der Waals surface area contributed by atoms with Crippen LogP contribution >= 0.6 is 0 Å². The van der Waals surface area contributed by atoms with Crippen LogP contribution in [0.2, 0.25) is 0 Å². The number of ether oxygens (including phenoxy) is 1. The average molecular weight is 498 g/mol. The SMILES string of the molecule is CC(=CCn1ncc(C(=O)NC2C3CC4CC(C3)CC2C4)c1OCC1CCCCC1)C(=O)NCCN. The fourth-order valence-electron chi connectivity index (χ4n) is 7.39. The third-order valence-corrected chi connectivity index (χ3v) is 9.10. The van der Waals surface area contributed by atoms with Crippen molar-refractivity contribution in [2.24, 2.45) is 35.3 Å². The van der Waals surface area contributed by atoms with Gasteiger partial charge < -0.3 is 21.1 Å². The molecule has 1 heterocycles. The molecule has 0 spiro atoms. The van der Waals surface area contributed by atoms with Gasteiger partial charge in [-0.1, -0.05) is 25.3 Å². The van der Waals surface area contributed by atoms with Gasteiger partial charge in [0.15, 0.2) is 0 Å². The number of carbonyl (C=O) groups excluding carboxylic acids is 2. The van der Waals surface area contributed by atoms with E-state index < -0.39 is 0 Å². The summed E-state index contributed by atoms with van der Waals surface area (Å²) < 4.78 is 8.04. The predicted octanol–water partition coefficient (Wildman–Crippen LogP) is 3.42. The van der Waals surface area contributed by atoms with Crippen LogP contribution < -0.4 is 21.1 Å². The highest BCUT2D eigenvalue weighted by atomic mass is 16.5. The molecule has 0 atom stereocenters. The van der Waals surface area contributed by atoms with Crippen LogP contribution in [0.4, 0.5) is 0 Å². The highest BCUT2D eigenvalue weighted by Crippen LogP contribution is 2.53. The molecule has 0 unspecified atom stereocenters. The number of nitrogens with one attached hydrogen (secondary N) is 2. The molecule has 0 aromatic carbocycles. The maximum Gasteiger partial charge on any atom is 0.258 e. The van der Waals surface area contributed by atoms with E-state index in [-0.39, 0.29) is 17.9 Å². The zero-order chi connectivity index (χ0) is 25.1. The summed E-state index contributed by atoms with van der Waals surface area (Å²) in [5.41, 5.74) is 6.60.